The van der Waals surface area contributed by atoms with Crippen molar-refractivity contribution < 1.29 is 9.53 Å². The summed E-state index contributed by atoms with van der Waals surface area (Å²) in [5, 5.41) is 4.61. The van der Waals surface area contributed by atoms with Crippen LogP contribution in [-0.4, -0.2) is 45.5 Å². The van der Waals surface area contributed by atoms with Crippen molar-refractivity contribution in [3.8, 4) is 0 Å². The molecule has 3 rings (SSSR count). The maximum atomic E-state index is 13.7. The zero-order chi connectivity index (χ0) is 26.4. The topological polar surface area (TPSA) is 128 Å². The van der Waals surface area contributed by atoms with Gasteiger partial charge in [0.2, 0.25) is 5.91 Å². The fourth-order valence-corrected chi connectivity index (χ4v) is 4.25. The minimum Gasteiger partial charge on any atom is -0.385 e. The van der Waals surface area contributed by atoms with Crippen molar-refractivity contribution in [3.05, 3.63) is 73.7 Å². The van der Waals surface area contributed by atoms with Crippen molar-refractivity contribution >= 4 is 17.4 Å². The predicted molar refractivity (Wildman–Crippen MR) is 140 cm³/mol. The minimum absolute atomic E-state index is 0.0310. The lowest BCUT2D eigenvalue weighted by Gasteiger charge is -2.25. The molecule has 0 fully saturated rings. The summed E-state index contributed by atoms with van der Waals surface area (Å²) in [4.78, 5) is 43.0. The first kappa shape index (κ1) is 26.9. The van der Waals surface area contributed by atoms with Crippen LogP contribution in [0, 0.1) is 19.8 Å². The van der Waals surface area contributed by atoms with E-state index in [1.807, 2.05) is 48.9 Å². The molecule has 0 unspecified atom stereocenters. The summed E-state index contributed by atoms with van der Waals surface area (Å²) < 4.78 is 8.36. The van der Waals surface area contributed by atoms with Crippen molar-refractivity contribution in [1.82, 2.24) is 19.3 Å². The Labute approximate surface area is 210 Å². The Morgan fingerprint density at radius 2 is 1.89 bits per heavy atom. The van der Waals surface area contributed by atoms with E-state index in [4.69, 9.17) is 10.5 Å². The van der Waals surface area contributed by atoms with Crippen molar-refractivity contribution in [2.75, 3.05) is 30.9 Å². The number of aromatic amines is 1. The number of carbonyl (C=O) groups excluding carboxylic acids is 1. The van der Waals surface area contributed by atoms with Gasteiger partial charge >= 0.3 is 5.69 Å². The maximum Gasteiger partial charge on any atom is 0.330 e. The monoisotopic (exact) mass is 496 g/mol. The van der Waals surface area contributed by atoms with Crippen LogP contribution >= 0.6 is 0 Å². The molecule has 10 nitrogen and oxygen atoms in total. The largest absolute Gasteiger partial charge is 0.385 e. The number of benzene rings is 1. The van der Waals surface area contributed by atoms with Crippen molar-refractivity contribution in [2.45, 2.75) is 53.6 Å². The summed E-state index contributed by atoms with van der Waals surface area (Å²) in [6.45, 7) is 9.56. The Hall–Kier alpha value is -3.66. The Bertz CT molecular complexity index is 1310. The molecule has 36 heavy (non-hydrogen) atoms. The number of H-pyrrole nitrogens is 1. The van der Waals surface area contributed by atoms with E-state index in [0.29, 0.717) is 18.9 Å². The third-order valence-corrected chi connectivity index (χ3v) is 6.10. The molecular weight excluding hydrogens is 460 g/mol. The van der Waals surface area contributed by atoms with Crippen LogP contribution < -0.4 is 21.9 Å². The number of carbonyl (C=O) groups is 1. The SMILES string of the molecule is COCCCN(C(=O)Cc1c(C)nn(CC(C)C)c1C)c1c(N)n(Cc2ccccc2)c(=O)[nH]c1=O. The van der Waals surface area contributed by atoms with Crippen molar-refractivity contribution in [1.29, 1.82) is 0 Å². The second-order valence-corrected chi connectivity index (χ2v) is 9.36. The van der Waals surface area contributed by atoms with E-state index in [2.05, 4.69) is 23.9 Å². The first-order valence-electron chi connectivity index (χ1n) is 12.1. The summed E-state index contributed by atoms with van der Waals surface area (Å²) in [7, 11) is 1.57. The van der Waals surface area contributed by atoms with Crippen LogP contribution in [-0.2, 0) is 29.0 Å². The van der Waals surface area contributed by atoms with E-state index in [9.17, 15) is 14.4 Å². The highest BCUT2D eigenvalue weighted by molar-refractivity contribution is 5.97. The van der Waals surface area contributed by atoms with Gasteiger partial charge in [-0.3, -0.25) is 23.8 Å². The number of nitrogen functional groups attached to an aromatic ring is 1. The molecule has 0 aliphatic rings. The van der Waals surface area contributed by atoms with Crippen LogP contribution in [0.5, 0.6) is 0 Å². The minimum atomic E-state index is -0.698. The molecule has 0 saturated carbocycles. The molecule has 1 aromatic carbocycles. The molecule has 2 heterocycles. The number of aryl methyl sites for hydroxylation is 1. The number of ether oxygens (including phenoxy) is 1. The molecule has 3 N–H and O–H groups in total. The maximum absolute atomic E-state index is 13.7. The molecule has 0 radical (unpaired) electrons. The summed E-state index contributed by atoms with van der Waals surface area (Å²) in [5.74, 6) is 0.0481. The van der Waals surface area contributed by atoms with Crippen LogP contribution in [0.15, 0.2) is 39.9 Å². The van der Waals surface area contributed by atoms with Gasteiger partial charge in [0, 0.05) is 38.1 Å². The number of anilines is 2. The summed E-state index contributed by atoms with van der Waals surface area (Å²) in [5.41, 5.74) is 8.39. The van der Waals surface area contributed by atoms with Gasteiger partial charge in [-0.1, -0.05) is 44.2 Å². The van der Waals surface area contributed by atoms with Crippen molar-refractivity contribution in [2.24, 2.45) is 5.92 Å². The standard InChI is InChI=1S/C26H36N6O4/c1-17(2)15-32-19(4)21(18(3)29-32)14-22(33)30(12-9-13-36-5)23-24(27)31(26(35)28-25(23)34)16-20-10-7-6-8-11-20/h6-8,10-11,17H,9,12-16,27H2,1-5H3,(H,28,34,35). The molecule has 2 aromatic heterocycles. The highest BCUT2D eigenvalue weighted by Gasteiger charge is 2.26. The third-order valence-electron chi connectivity index (χ3n) is 6.10. The number of nitrogens with two attached hydrogens (primary N) is 1. The molecule has 0 saturated heterocycles. The molecule has 0 aliphatic heterocycles. The normalized spacial score (nSPS) is 11.3. The Morgan fingerprint density at radius 3 is 2.53 bits per heavy atom. The fourth-order valence-electron chi connectivity index (χ4n) is 4.25. The molecule has 0 bridgehead atoms. The number of amides is 1. The Kier molecular flexibility index (Phi) is 8.87. The van der Waals surface area contributed by atoms with Gasteiger partial charge in [-0.15, -0.1) is 0 Å². The summed E-state index contributed by atoms with van der Waals surface area (Å²) in [6, 6.07) is 9.30. The highest BCUT2D eigenvalue weighted by atomic mass is 16.5. The van der Waals surface area contributed by atoms with E-state index < -0.39 is 11.2 Å². The summed E-state index contributed by atoms with van der Waals surface area (Å²) >= 11 is 0. The summed E-state index contributed by atoms with van der Waals surface area (Å²) in [6.07, 6.45) is 0.545. The first-order chi connectivity index (χ1) is 17.1. The van der Waals surface area contributed by atoms with Gasteiger partial charge in [0.05, 0.1) is 18.7 Å². The van der Waals surface area contributed by atoms with E-state index >= 15 is 0 Å². The van der Waals surface area contributed by atoms with Crippen LogP contribution in [0.1, 0.15) is 42.8 Å². The van der Waals surface area contributed by atoms with E-state index in [0.717, 1.165) is 29.1 Å². The van der Waals surface area contributed by atoms with E-state index in [1.54, 1.807) is 7.11 Å². The zero-order valence-electron chi connectivity index (χ0n) is 21.7. The molecule has 0 spiro atoms. The first-order valence-corrected chi connectivity index (χ1v) is 12.1. The third kappa shape index (κ3) is 6.12. The fraction of sp³-hybridized carbons (Fsp3) is 0.462. The lowest BCUT2D eigenvalue weighted by atomic mass is 10.1. The highest BCUT2D eigenvalue weighted by Crippen LogP contribution is 2.22. The van der Waals surface area contributed by atoms with Crippen LogP contribution in [0.3, 0.4) is 0 Å². The molecule has 1 amide bonds. The van der Waals surface area contributed by atoms with E-state index in [-0.39, 0.29) is 36.9 Å². The Morgan fingerprint density at radius 1 is 1.19 bits per heavy atom. The van der Waals surface area contributed by atoms with Crippen molar-refractivity contribution in [3.63, 3.8) is 0 Å². The molecule has 10 heteroatoms. The van der Waals surface area contributed by atoms with Crippen LogP contribution in [0.4, 0.5) is 11.5 Å². The molecule has 0 atom stereocenters. The lowest BCUT2D eigenvalue weighted by Crippen LogP contribution is -2.42. The molecule has 3 aromatic rings. The smallest absolute Gasteiger partial charge is 0.330 e. The number of methoxy groups -OCH3 is 1. The average Bonchev–Trinajstić information content (AvgIpc) is 3.08. The van der Waals surface area contributed by atoms with Crippen LogP contribution in [0.2, 0.25) is 0 Å². The molecular formula is C26H36N6O4. The number of nitrogens with one attached hydrogen (secondary N) is 1. The van der Waals surface area contributed by atoms with Gasteiger partial charge in [0.15, 0.2) is 5.69 Å². The second-order valence-electron chi connectivity index (χ2n) is 9.36. The van der Waals surface area contributed by atoms with Gasteiger partial charge in [0.1, 0.15) is 5.82 Å². The van der Waals surface area contributed by atoms with E-state index in [1.165, 1.54) is 9.47 Å². The van der Waals surface area contributed by atoms with Gasteiger partial charge in [-0.25, -0.2) is 4.79 Å². The van der Waals surface area contributed by atoms with Gasteiger partial charge in [-0.2, -0.15) is 5.10 Å². The quantitative estimate of drug-likeness (QED) is 0.392. The number of hydrogen-bond acceptors (Lipinski definition) is 6. The van der Waals surface area contributed by atoms with Gasteiger partial charge in [-0.05, 0) is 31.7 Å². The average molecular weight is 497 g/mol. The number of hydrogen-bond donors (Lipinski definition) is 2. The molecule has 194 valence electrons. The Balaban J connectivity index is 2.02. The molecule has 0 aliphatic carbocycles. The number of aromatic nitrogens is 4. The zero-order valence-corrected chi connectivity index (χ0v) is 21.7. The van der Waals surface area contributed by atoms with Gasteiger partial charge < -0.3 is 15.4 Å². The van der Waals surface area contributed by atoms with Gasteiger partial charge in [0.25, 0.3) is 5.56 Å². The lowest BCUT2D eigenvalue weighted by molar-refractivity contribution is -0.118. The van der Waals surface area contributed by atoms with Crippen LogP contribution in [0.25, 0.3) is 0 Å². The second kappa shape index (κ2) is 11.9. The predicted octanol–water partition coefficient (Wildman–Crippen LogP) is 2.25. The number of rotatable bonds is 11. The number of nitrogens with zero attached hydrogens (tertiary/aromatic N) is 4.